The highest BCUT2D eigenvalue weighted by Gasteiger charge is 2.35. The van der Waals surface area contributed by atoms with Crippen LogP contribution >= 0.6 is 12.6 Å². The van der Waals surface area contributed by atoms with E-state index in [2.05, 4.69) is 24.2 Å². The zero-order valence-electron chi connectivity index (χ0n) is 15.8. The van der Waals surface area contributed by atoms with E-state index >= 15 is 0 Å². The van der Waals surface area contributed by atoms with Crippen LogP contribution in [0.5, 0.6) is 0 Å². The van der Waals surface area contributed by atoms with Crippen molar-refractivity contribution >= 4 is 24.1 Å². The molecule has 2 rings (SSSR count). The van der Waals surface area contributed by atoms with Gasteiger partial charge in [-0.3, -0.25) is 4.79 Å². The van der Waals surface area contributed by atoms with Crippen molar-refractivity contribution in [1.82, 2.24) is 0 Å². The number of Topliss-reactive ketones (excluding diaryl/α,β-unsaturated/α-hetero) is 1. The third-order valence-electron chi connectivity index (χ3n) is 4.87. The van der Waals surface area contributed by atoms with Crippen molar-refractivity contribution in [2.45, 2.75) is 57.6 Å². The Kier molecular flexibility index (Phi) is 7.76. The van der Waals surface area contributed by atoms with Crippen molar-refractivity contribution in [3.05, 3.63) is 47.2 Å². The van der Waals surface area contributed by atoms with E-state index in [4.69, 9.17) is 17.5 Å². The minimum atomic E-state index is -0.0648. The summed E-state index contributed by atoms with van der Waals surface area (Å²) in [6.45, 7) is 6.41. The molecule has 3 atom stereocenters. The molecule has 0 aromatic heterocycles. The lowest BCUT2D eigenvalue weighted by Gasteiger charge is -2.31. The van der Waals surface area contributed by atoms with Gasteiger partial charge in [-0.1, -0.05) is 55.8 Å². The van der Waals surface area contributed by atoms with Crippen LogP contribution in [0.2, 0.25) is 0 Å². The molecule has 4 nitrogen and oxygen atoms in total. The van der Waals surface area contributed by atoms with E-state index < -0.39 is 0 Å². The number of oxime groups is 1. The van der Waals surface area contributed by atoms with Crippen molar-refractivity contribution < 1.29 is 14.7 Å². The Morgan fingerprint density at radius 2 is 2.00 bits per heavy atom. The topological polar surface area (TPSA) is 58.9 Å². The van der Waals surface area contributed by atoms with E-state index in [1.807, 2.05) is 32.0 Å². The summed E-state index contributed by atoms with van der Waals surface area (Å²) in [7, 11) is 0. The van der Waals surface area contributed by atoms with E-state index in [0.29, 0.717) is 37.2 Å². The maximum Gasteiger partial charge on any atom is 0.168 e. The number of allylic oxidation sites excluding steroid dienone is 2. The van der Waals surface area contributed by atoms with Gasteiger partial charge in [0.25, 0.3) is 0 Å². The van der Waals surface area contributed by atoms with Crippen molar-refractivity contribution in [3.8, 4) is 0 Å². The smallest absolute Gasteiger partial charge is 0.168 e. The maximum absolute atomic E-state index is 12.8. The van der Waals surface area contributed by atoms with Crippen LogP contribution in [0.25, 0.3) is 0 Å². The van der Waals surface area contributed by atoms with Gasteiger partial charge in [0, 0.05) is 18.1 Å². The standard InChI is InChI=1S/C21H29NO3S/c1-4-9-17(22-25-5-2)20-18(23)12-16(13-19(20)24)21(26)14(3)15-10-7-6-8-11-15/h6-8,10-11,14,16,21,23,26H,4-5,9,12-13H2,1-3H3. The number of carbonyl (C=O) groups is 1. The number of aliphatic hydroxyl groups is 1. The molecular formula is C21H29NO3S. The molecule has 0 aliphatic heterocycles. The van der Waals surface area contributed by atoms with E-state index in [1.54, 1.807) is 0 Å². The molecule has 1 aromatic carbocycles. The number of aliphatic hydroxyl groups excluding tert-OH is 1. The quantitative estimate of drug-likeness (QED) is 0.379. The number of hydrogen-bond acceptors (Lipinski definition) is 5. The molecule has 0 radical (unpaired) electrons. The molecule has 0 saturated heterocycles. The lowest BCUT2D eigenvalue weighted by molar-refractivity contribution is -0.116. The highest BCUT2D eigenvalue weighted by atomic mass is 32.1. The molecule has 5 heteroatoms. The summed E-state index contributed by atoms with van der Waals surface area (Å²) in [5.41, 5.74) is 2.10. The summed E-state index contributed by atoms with van der Waals surface area (Å²) < 4.78 is 0. The molecule has 0 saturated carbocycles. The first kappa shape index (κ1) is 20.6. The molecule has 0 spiro atoms. The van der Waals surface area contributed by atoms with Gasteiger partial charge in [0.2, 0.25) is 0 Å². The van der Waals surface area contributed by atoms with Crippen LogP contribution in [0.3, 0.4) is 0 Å². The minimum Gasteiger partial charge on any atom is -0.511 e. The van der Waals surface area contributed by atoms with Gasteiger partial charge in [0.1, 0.15) is 12.4 Å². The third-order valence-corrected chi connectivity index (χ3v) is 5.74. The van der Waals surface area contributed by atoms with Crippen molar-refractivity contribution in [2.75, 3.05) is 6.61 Å². The summed E-state index contributed by atoms with van der Waals surface area (Å²) in [5, 5.41) is 14.7. The molecule has 0 fully saturated rings. The zero-order valence-corrected chi connectivity index (χ0v) is 16.7. The van der Waals surface area contributed by atoms with Gasteiger partial charge in [0.15, 0.2) is 5.78 Å². The number of benzene rings is 1. The van der Waals surface area contributed by atoms with Gasteiger partial charge in [-0.05, 0) is 30.7 Å². The lowest BCUT2D eigenvalue weighted by Crippen LogP contribution is -2.31. The first-order valence-electron chi connectivity index (χ1n) is 9.37. The maximum atomic E-state index is 12.8. The number of carbonyl (C=O) groups excluding carboxylic acids is 1. The summed E-state index contributed by atoms with van der Waals surface area (Å²) in [4.78, 5) is 17.9. The minimum absolute atomic E-state index is 0.000223. The van der Waals surface area contributed by atoms with Gasteiger partial charge >= 0.3 is 0 Å². The second kappa shape index (κ2) is 9.81. The number of thiol groups is 1. The molecular weight excluding hydrogens is 346 g/mol. The van der Waals surface area contributed by atoms with Crippen LogP contribution in [-0.4, -0.2) is 28.5 Å². The molecule has 1 aliphatic rings. The highest BCUT2D eigenvalue weighted by Crippen LogP contribution is 2.37. The molecule has 1 aromatic rings. The van der Waals surface area contributed by atoms with Crippen LogP contribution in [-0.2, 0) is 9.63 Å². The fourth-order valence-corrected chi connectivity index (χ4v) is 3.83. The Morgan fingerprint density at radius 3 is 2.58 bits per heavy atom. The van der Waals surface area contributed by atoms with Crippen LogP contribution in [0, 0.1) is 5.92 Å². The summed E-state index contributed by atoms with van der Waals surface area (Å²) >= 11 is 4.80. The lowest BCUT2D eigenvalue weighted by atomic mass is 9.78. The fraction of sp³-hybridized carbons (Fsp3) is 0.524. The fourth-order valence-electron chi connectivity index (χ4n) is 3.45. The van der Waals surface area contributed by atoms with Gasteiger partial charge in [-0.2, -0.15) is 12.6 Å². The first-order valence-corrected chi connectivity index (χ1v) is 9.88. The van der Waals surface area contributed by atoms with E-state index in [-0.39, 0.29) is 28.6 Å². The first-order chi connectivity index (χ1) is 12.5. The molecule has 26 heavy (non-hydrogen) atoms. The molecule has 142 valence electrons. The number of nitrogens with zero attached hydrogens (tertiary/aromatic N) is 1. The second-order valence-electron chi connectivity index (χ2n) is 6.81. The van der Waals surface area contributed by atoms with Gasteiger partial charge in [0.05, 0.1) is 11.3 Å². The summed E-state index contributed by atoms with van der Waals surface area (Å²) in [5.74, 6) is 0.251. The zero-order chi connectivity index (χ0) is 19.1. The van der Waals surface area contributed by atoms with Gasteiger partial charge in [-0.15, -0.1) is 0 Å². The third kappa shape index (κ3) is 4.91. The van der Waals surface area contributed by atoms with Crippen molar-refractivity contribution in [1.29, 1.82) is 0 Å². The number of rotatable bonds is 8. The van der Waals surface area contributed by atoms with Gasteiger partial charge < -0.3 is 9.94 Å². The molecule has 0 bridgehead atoms. The average Bonchev–Trinajstić information content (AvgIpc) is 2.64. The predicted octanol–water partition coefficient (Wildman–Crippen LogP) is 5.07. The Morgan fingerprint density at radius 1 is 1.31 bits per heavy atom. The van der Waals surface area contributed by atoms with Crippen LogP contribution in [0.1, 0.15) is 57.9 Å². The van der Waals surface area contributed by atoms with Crippen LogP contribution < -0.4 is 0 Å². The molecule has 1 aliphatic carbocycles. The predicted molar refractivity (Wildman–Crippen MR) is 109 cm³/mol. The van der Waals surface area contributed by atoms with Crippen molar-refractivity contribution in [3.63, 3.8) is 0 Å². The Bertz CT molecular complexity index is 669. The van der Waals surface area contributed by atoms with E-state index in [1.165, 1.54) is 5.56 Å². The number of hydrogen-bond donors (Lipinski definition) is 2. The summed E-state index contributed by atoms with van der Waals surface area (Å²) in [6.07, 6.45) is 2.26. The molecule has 0 amide bonds. The highest BCUT2D eigenvalue weighted by molar-refractivity contribution is 7.81. The van der Waals surface area contributed by atoms with Gasteiger partial charge in [-0.25, -0.2) is 0 Å². The molecule has 1 N–H and O–H groups in total. The Labute approximate surface area is 161 Å². The largest absolute Gasteiger partial charge is 0.511 e. The molecule has 0 heterocycles. The van der Waals surface area contributed by atoms with E-state index in [9.17, 15) is 9.90 Å². The normalized spacial score (nSPS) is 20.8. The summed E-state index contributed by atoms with van der Waals surface area (Å²) in [6, 6.07) is 10.2. The Hall–Kier alpha value is -1.75. The van der Waals surface area contributed by atoms with Crippen LogP contribution in [0.15, 0.2) is 46.8 Å². The van der Waals surface area contributed by atoms with Crippen LogP contribution in [0.4, 0.5) is 0 Å². The number of ketones is 1. The monoisotopic (exact) mass is 375 g/mol. The average molecular weight is 376 g/mol. The molecule has 3 unspecified atom stereocenters. The Balaban J connectivity index is 2.20. The van der Waals surface area contributed by atoms with Crippen molar-refractivity contribution in [2.24, 2.45) is 11.1 Å². The SMILES string of the molecule is CCCC(=NOCC)C1=C(O)CC(C(S)C(C)c2ccccc2)CC1=O. The second-order valence-corrected chi connectivity index (χ2v) is 7.41. The van der Waals surface area contributed by atoms with E-state index in [0.717, 1.165) is 6.42 Å².